The predicted octanol–water partition coefficient (Wildman–Crippen LogP) is 2.16. The molecule has 2 aromatic carbocycles. The summed E-state index contributed by atoms with van der Waals surface area (Å²) in [4.78, 5) is 0.0657. The van der Waals surface area contributed by atoms with Crippen LogP contribution < -0.4 is 4.72 Å². The highest BCUT2D eigenvalue weighted by Crippen LogP contribution is 2.21. The lowest BCUT2D eigenvalue weighted by Gasteiger charge is -2.11. The number of sulfonamides is 1. The Morgan fingerprint density at radius 1 is 1.24 bits per heavy atom. The van der Waals surface area contributed by atoms with Gasteiger partial charge < -0.3 is 5.11 Å². The monoisotopic (exact) mass is 302 g/mol. The average molecular weight is 302 g/mol. The number of benzene rings is 2. The van der Waals surface area contributed by atoms with Crippen LogP contribution in [0.1, 0.15) is 16.7 Å². The molecule has 0 aromatic heterocycles. The molecule has 21 heavy (non-hydrogen) atoms. The van der Waals surface area contributed by atoms with Gasteiger partial charge in [-0.3, -0.25) is 4.72 Å². The highest BCUT2D eigenvalue weighted by Gasteiger charge is 2.17. The summed E-state index contributed by atoms with van der Waals surface area (Å²) >= 11 is 0. The van der Waals surface area contributed by atoms with E-state index in [0.29, 0.717) is 16.8 Å². The van der Waals surface area contributed by atoms with E-state index in [-0.39, 0.29) is 17.1 Å². The number of nitriles is 1. The lowest BCUT2D eigenvalue weighted by atomic mass is 10.2. The first-order chi connectivity index (χ1) is 9.96. The summed E-state index contributed by atoms with van der Waals surface area (Å²) in [5.74, 6) is 0. The molecule has 0 aliphatic heterocycles. The number of nitrogens with one attached hydrogen (secondary N) is 1. The lowest BCUT2D eigenvalue weighted by molar-refractivity contribution is 0.282. The molecule has 2 N–H and O–H groups in total. The van der Waals surface area contributed by atoms with Crippen LogP contribution in [0, 0.1) is 18.3 Å². The van der Waals surface area contributed by atoms with E-state index in [9.17, 15) is 8.42 Å². The SMILES string of the molecule is Cc1ccc(C#N)cc1S(=O)(=O)Nc1cccc(CO)c1. The number of aliphatic hydroxyl groups is 1. The molecule has 0 heterocycles. The molecule has 0 aliphatic carbocycles. The largest absolute Gasteiger partial charge is 0.392 e. The van der Waals surface area contributed by atoms with Gasteiger partial charge in [0.1, 0.15) is 0 Å². The third-order valence-corrected chi connectivity index (χ3v) is 4.49. The Morgan fingerprint density at radius 2 is 2.00 bits per heavy atom. The van der Waals surface area contributed by atoms with Gasteiger partial charge in [-0.2, -0.15) is 5.26 Å². The van der Waals surface area contributed by atoms with Crippen LogP contribution in [-0.4, -0.2) is 13.5 Å². The molecule has 6 heteroatoms. The van der Waals surface area contributed by atoms with E-state index >= 15 is 0 Å². The second kappa shape index (κ2) is 5.95. The van der Waals surface area contributed by atoms with Crippen molar-refractivity contribution in [1.29, 1.82) is 5.26 Å². The van der Waals surface area contributed by atoms with Gasteiger partial charge in [0.2, 0.25) is 0 Å². The molecule has 2 aromatic rings. The fourth-order valence-corrected chi connectivity index (χ4v) is 3.22. The minimum atomic E-state index is -3.78. The summed E-state index contributed by atoms with van der Waals surface area (Å²) < 4.78 is 27.3. The van der Waals surface area contributed by atoms with Gasteiger partial charge in [-0.25, -0.2) is 8.42 Å². The molecule has 0 amide bonds. The molecular formula is C15H14N2O3S. The molecule has 0 aliphatic rings. The topological polar surface area (TPSA) is 90.2 Å². The van der Waals surface area contributed by atoms with E-state index < -0.39 is 10.0 Å². The summed E-state index contributed by atoms with van der Waals surface area (Å²) in [6, 6.07) is 12.9. The first kappa shape index (κ1) is 15.0. The minimum Gasteiger partial charge on any atom is -0.392 e. The first-order valence-electron chi connectivity index (χ1n) is 6.19. The van der Waals surface area contributed by atoms with Crippen LogP contribution in [0.2, 0.25) is 0 Å². The van der Waals surface area contributed by atoms with Crippen LogP contribution in [0.25, 0.3) is 0 Å². The van der Waals surface area contributed by atoms with E-state index in [1.54, 1.807) is 43.3 Å². The fraction of sp³-hybridized carbons (Fsp3) is 0.133. The number of aliphatic hydroxyl groups excluding tert-OH is 1. The molecule has 108 valence electrons. The van der Waals surface area contributed by atoms with Gasteiger partial charge in [0.15, 0.2) is 0 Å². The number of anilines is 1. The van der Waals surface area contributed by atoms with Gasteiger partial charge in [-0.1, -0.05) is 18.2 Å². The summed E-state index contributed by atoms with van der Waals surface area (Å²) in [6.07, 6.45) is 0. The lowest BCUT2D eigenvalue weighted by Crippen LogP contribution is -2.14. The van der Waals surface area contributed by atoms with Crippen molar-refractivity contribution in [2.75, 3.05) is 4.72 Å². The Hall–Kier alpha value is -2.36. The van der Waals surface area contributed by atoms with Crippen molar-refractivity contribution in [3.05, 3.63) is 59.2 Å². The van der Waals surface area contributed by atoms with Crippen LogP contribution in [0.5, 0.6) is 0 Å². The van der Waals surface area contributed by atoms with Gasteiger partial charge in [-0.15, -0.1) is 0 Å². The molecule has 0 saturated heterocycles. The number of hydrogen-bond acceptors (Lipinski definition) is 4. The molecule has 0 fully saturated rings. The zero-order chi connectivity index (χ0) is 15.5. The van der Waals surface area contributed by atoms with Crippen LogP contribution >= 0.6 is 0 Å². The Morgan fingerprint density at radius 3 is 2.67 bits per heavy atom. The van der Waals surface area contributed by atoms with Gasteiger partial charge >= 0.3 is 0 Å². The molecule has 0 spiro atoms. The highest BCUT2D eigenvalue weighted by molar-refractivity contribution is 7.92. The van der Waals surface area contributed by atoms with Crippen LogP contribution in [0.15, 0.2) is 47.4 Å². The quantitative estimate of drug-likeness (QED) is 0.905. The predicted molar refractivity (Wildman–Crippen MR) is 79.1 cm³/mol. The first-order valence-corrected chi connectivity index (χ1v) is 7.68. The normalized spacial score (nSPS) is 10.9. The standard InChI is InChI=1S/C15H14N2O3S/c1-11-5-6-12(9-16)8-15(11)21(19,20)17-14-4-2-3-13(7-14)10-18/h2-8,17-18H,10H2,1H3. The highest BCUT2D eigenvalue weighted by atomic mass is 32.2. The molecule has 0 unspecified atom stereocenters. The second-order valence-corrected chi connectivity index (χ2v) is 6.21. The molecule has 0 radical (unpaired) electrons. The van der Waals surface area contributed by atoms with Gasteiger partial charge in [-0.05, 0) is 42.3 Å². The number of aryl methyl sites for hydroxylation is 1. The van der Waals surface area contributed by atoms with Crippen LogP contribution in [0.3, 0.4) is 0 Å². The molecule has 2 rings (SSSR count). The van der Waals surface area contributed by atoms with Crippen molar-refractivity contribution in [2.45, 2.75) is 18.4 Å². The fourth-order valence-electron chi connectivity index (χ4n) is 1.90. The van der Waals surface area contributed by atoms with E-state index in [1.807, 2.05) is 6.07 Å². The van der Waals surface area contributed by atoms with Crippen LogP contribution in [-0.2, 0) is 16.6 Å². The van der Waals surface area contributed by atoms with Crippen molar-refractivity contribution in [3.63, 3.8) is 0 Å². The third kappa shape index (κ3) is 3.40. The van der Waals surface area contributed by atoms with Gasteiger partial charge in [0, 0.05) is 5.69 Å². The zero-order valence-electron chi connectivity index (χ0n) is 11.4. The molecule has 0 saturated carbocycles. The van der Waals surface area contributed by atoms with Crippen molar-refractivity contribution in [2.24, 2.45) is 0 Å². The number of nitrogens with zero attached hydrogens (tertiary/aromatic N) is 1. The maximum Gasteiger partial charge on any atom is 0.262 e. The average Bonchev–Trinajstić information content (AvgIpc) is 2.47. The maximum atomic E-state index is 12.4. The molecule has 5 nitrogen and oxygen atoms in total. The smallest absolute Gasteiger partial charge is 0.262 e. The second-order valence-electron chi connectivity index (χ2n) is 4.56. The molecule has 0 bridgehead atoms. The van der Waals surface area contributed by atoms with E-state index in [2.05, 4.69) is 4.72 Å². The molecular weight excluding hydrogens is 288 g/mol. The van der Waals surface area contributed by atoms with E-state index in [4.69, 9.17) is 10.4 Å². The van der Waals surface area contributed by atoms with Crippen molar-refractivity contribution < 1.29 is 13.5 Å². The number of rotatable bonds is 4. The summed E-state index contributed by atoms with van der Waals surface area (Å²) in [5.41, 5.74) is 1.81. The Labute approximate surface area is 123 Å². The number of hydrogen-bond donors (Lipinski definition) is 2. The van der Waals surface area contributed by atoms with Crippen molar-refractivity contribution >= 4 is 15.7 Å². The Bertz CT molecular complexity index is 808. The summed E-state index contributed by atoms with van der Waals surface area (Å²) in [5, 5.41) is 18.0. The Kier molecular flexibility index (Phi) is 4.26. The summed E-state index contributed by atoms with van der Waals surface area (Å²) in [6.45, 7) is 1.50. The van der Waals surface area contributed by atoms with E-state index in [1.165, 1.54) is 6.07 Å². The Balaban J connectivity index is 2.41. The maximum absolute atomic E-state index is 12.4. The van der Waals surface area contributed by atoms with E-state index in [0.717, 1.165) is 0 Å². The summed E-state index contributed by atoms with van der Waals surface area (Å²) in [7, 11) is -3.78. The van der Waals surface area contributed by atoms with Gasteiger partial charge in [0.25, 0.3) is 10.0 Å². The van der Waals surface area contributed by atoms with Crippen molar-refractivity contribution in [3.8, 4) is 6.07 Å². The van der Waals surface area contributed by atoms with Gasteiger partial charge in [0.05, 0.1) is 23.1 Å². The van der Waals surface area contributed by atoms with Crippen molar-refractivity contribution in [1.82, 2.24) is 0 Å². The third-order valence-electron chi connectivity index (χ3n) is 2.97. The molecule has 0 atom stereocenters. The zero-order valence-corrected chi connectivity index (χ0v) is 12.2. The minimum absolute atomic E-state index is 0.0657. The van der Waals surface area contributed by atoms with Crippen LogP contribution in [0.4, 0.5) is 5.69 Å².